The first-order valence-corrected chi connectivity index (χ1v) is 8.22. The van der Waals surface area contributed by atoms with Crippen LogP contribution in [-0.4, -0.2) is 17.6 Å². The van der Waals surface area contributed by atoms with Crippen LogP contribution in [0.4, 0.5) is 0 Å². The molecule has 0 aliphatic rings. The van der Waals surface area contributed by atoms with E-state index in [2.05, 4.69) is 11.1 Å². The van der Waals surface area contributed by atoms with Gasteiger partial charge in [0.1, 0.15) is 0 Å². The standard InChI is InChI=1S/C20H18ClNO2/c1-4-24-20(23)16-11-22-18-10-13(3)12(2)9-15(18)19(16)14-7-5-6-8-17(14)21/h5-11H,4H2,1-3H3. The molecule has 0 amide bonds. The van der Waals surface area contributed by atoms with Crippen LogP contribution in [0.1, 0.15) is 28.4 Å². The molecule has 1 aromatic heterocycles. The van der Waals surface area contributed by atoms with Gasteiger partial charge in [0, 0.05) is 27.7 Å². The first kappa shape index (κ1) is 16.5. The molecule has 0 atom stereocenters. The summed E-state index contributed by atoms with van der Waals surface area (Å²) in [6.07, 6.45) is 1.58. The summed E-state index contributed by atoms with van der Waals surface area (Å²) in [4.78, 5) is 16.9. The molecule has 0 aliphatic carbocycles. The van der Waals surface area contributed by atoms with Crippen molar-refractivity contribution in [3.05, 3.63) is 64.3 Å². The first-order chi connectivity index (χ1) is 11.5. The number of benzene rings is 2. The summed E-state index contributed by atoms with van der Waals surface area (Å²) in [5, 5.41) is 1.49. The van der Waals surface area contributed by atoms with Crippen molar-refractivity contribution in [1.29, 1.82) is 0 Å². The SMILES string of the molecule is CCOC(=O)c1cnc2cc(C)c(C)cc2c1-c1ccccc1Cl. The fourth-order valence-corrected chi connectivity index (χ4v) is 3.00. The number of hydrogen-bond donors (Lipinski definition) is 0. The van der Waals surface area contributed by atoms with Gasteiger partial charge in [-0.1, -0.05) is 29.8 Å². The number of aryl methyl sites for hydroxylation is 2. The summed E-state index contributed by atoms with van der Waals surface area (Å²) in [6.45, 7) is 6.19. The van der Waals surface area contributed by atoms with Crippen molar-refractivity contribution in [2.75, 3.05) is 6.61 Å². The van der Waals surface area contributed by atoms with E-state index in [-0.39, 0.29) is 5.97 Å². The third kappa shape index (κ3) is 2.87. The van der Waals surface area contributed by atoms with Crippen LogP contribution in [0.25, 0.3) is 22.0 Å². The van der Waals surface area contributed by atoms with Crippen LogP contribution in [0, 0.1) is 13.8 Å². The molecule has 0 saturated carbocycles. The maximum atomic E-state index is 12.4. The summed E-state index contributed by atoms with van der Waals surface area (Å²) in [5.74, 6) is -0.389. The lowest BCUT2D eigenvalue weighted by atomic mass is 9.94. The Labute approximate surface area is 146 Å². The van der Waals surface area contributed by atoms with Gasteiger partial charge < -0.3 is 4.74 Å². The predicted molar refractivity (Wildman–Crippen MR) is 97.6 cm³/mol. The number of rotatable bonds is 3. The number of nitrogens with zero attached hydrogens (tertiary/aromatic N) is 1. The number of halogens is 1. The van der Waals surface area contributed by atoms with Crippen molar-refractivity contribution < 1.29 is 9.53 Å². The number of carbonyl (C=O) groups excluding carboxylic acids is 1. The lowest BCUT2D eigenvalue weighted by Gasteiger charge is -2.14. The topological polar surface area (TPSA) is 39.2 Å². The number of hydrogen-bond acceptors (Lipinski definition) is 3. The van der Waals surface area contributed by atoms with E-state index in [1.54, 1.807) is 13.1 Å². The van der Waals surface area contributed by atoms with Crippen LogP contribution < -0.4 is 0 Å². The highest BCUT2D eigenvalue weighted by Crippen LogP contribution is 2.36. The van der Waals surface area contributed by atoms with Crippen LogP contribution in [0.15, 0.2) is 42.6 Å². The third-order valence-corrected chi connectivity index (χ3v) is 4.45. The van der Waals surface area contributed by atoms with Gasteiger partial charge in [-0.2, -0.15) is 0 Å². The molecular formula is C20H18ClNO2. The monoisotopic (exact) mass is 339 g/mol. The maximum Gasteiger partial charge on any atom is 0.340 e. The van der Waals surface area contributed by atoms with Crippen molar-refractivity contribution in [3.8, 4) is 11.1 Å². The lowest BCUT2D eigenvalue weighted by Crippen LogP contribution is -2.08. The summed E-state index contributed by atoms with van der Waals surface area (Å²) in [7, 11) is 0. The number of aromatic nitrogens is 1. The molecule has 24 heavy (non-hydrogen) atoms. The van der Waals surface area contributed by atoms with Crippen molar-refractivity contribution in [2.45, 2.75) is 20.8 Å². The van der Waals surface area contributed by atoms with Gasteiger partial charge in [-0.15, -0.1) is 0 Å². The van der Waals surface area contributed by atoms with E-state index in [1.165, 1.54) is 0 Å². The summed E-state index contributed by atoms with van der Waals surface area (Å²) >= 11 is 6.41. The minimum atomic E-state index is -0.389. The molecule has 0 bridgehead atoms. The summed E-state index contributed by atoms with van der Waals surface area (Å²) in [5.41, 5.74) is 5.13. The molecule has 0 radical (unpaired) electrons. The van der Waals surface area contributed by atoms with E-state index in [0.717, 1.165) is 33.2 Å². The molecule has 4 heteroatoms. The number of carbonyl (C=O) groups is 1. The minimum absolute atomic E-state index is 0.311. The fraction of sp³-hybridized carbons (Fsp3) is 0.200. The molecule has 0 fully saturated rings. The largest absolute Gasteiger partial charge is 0.462 e. The Morgan fingerprint density at radius 2 is 1.88 bits per heavy atom. The fourth-order valence-electron chi connectivity index (χ4n) is 2.77. The average Bonchev–Trinajstić information content (AvgIpc) is 2.56. The highest BCUT2D eigenvalue weighted by Gasteiger charge is 2.20. The molecule has 3 rings (SSSR count). The Morgan fingerprint density at radius 1 is 1.17 bits per heavy atom. The van der Waals surface area contributed by atoms with E-state index in [1.807, 2.05) is 44.2 Å². The molecule has 3 aromatic rings. The van der Waals surface area contributed by atoms with Gasteiger partial charge in [0.15, 0.2) is 0 Å². The van der Waals surface area contributed by atoms with Crippen molar-refractivity contribution in [2.24, 2.45) is 0 Å². The van der Waals surface area contributed by atoms with Crippen molar-refractivity contribution in [3.63, 3.8) is 0 Å². The zero-order chi connectivity index (χ0) is 17.3. The van der Waals surface area contributed by atoms with Gasteiger partial charge in [0.2, 0.25) is 0 Å². The Kier molecular flexibility index (Phi) is 4.54. The van der Waals surface area contributed by atoms with Gasteiger partial charge in [0.25, 0.3) is 0 Å². The zero-order valence-corrected chi connectivity index (χ0v) is 14.6. The molecule has 0 aliphatic heterocycles. The van der Waals surface area contributed by atoms with E-state index in [0.29, 0.717) is 17.2 Å². The number of esters is 1. The van der Waals surface area contributed by atoms with E-state index >= 15 is 0 Å². The second-order valence-electron chi connectivity index (χ2n) is 5.70. The lowest BCUT2D eigenvalue weighted by molar-refractivity contribution is 0.0527. The van der Waals surface area contributed by atoms with E-state index in [9.17, 15) is 4.79 Å². The van der Waals surface area contributed by atoms with Gasteiger partial charge in [-0.25, -0.2) is 4.79 Å². The number of pyridine rings is 1. The second-order valence-corrected chi connectivity index (χ2v) is 6.11. The van der Waals surface area contributed by atoms with E-state index < -0.39 is 0 Å². The van der Waals surface area contributed by atoms with Gasteiger partial charge in [-0.3, -0.25) is 4.98 Å². The minimum Gasteiger partial charge on any atom is -0.462 e. The van der Waals surface area contributed by atoms with Crippen LogP contribution in [0.2, 0.25) is 5.02 Å². The molecule has 0 spiro atoms. The van der Waals surface area contributed by atoms with Gasteiger partial charge in [-0.05, 0) is 50.1 Å². The predicted octanol–water partition coefficient (Wildman–Crippen LogP) is 5.35. The molecular weight excluding hydrogens is 322 g/mol. The molecule has 2 aromatic carbocycles. The molecule has 0 unspecified atom stereocenters. The normalized spacial score (nSPS) is 10.8. The third-order valence-electron chi connectivity index (χ3n) is 4.12. The molecule has 0 saturated heterocycles. The van der Waals surface area contributed by atoms with Crippen molar-refractivity contribution in [1.82, 2.24) is 4.98 Å². The Morgan fingerprint density at radius 3 is 2.58 bits per heavy atom. The Bertz CT molecular complexity index is 934. The molecule has 1 heterocycles. The highest BCUT2D eigenvalue weighted by molar-refractivity contribution is 6.34. The smallest absolute Gasteiger partial charge is 0.340 e. The quantitative estimate of drug-likeness (QED) is 0.604. The molecule has 3 nitrogen and oxygen atoms in total. The van der Waals surface area contributed by atoms with Crippen LogP contribution >= 0.6 is 11.6 Å². The van der Waals surface area contributed by atoms with Gasteiger partial charge in [0.05, 0.1) is 17.7 Å². The molecule has 0 N–H and O–H groups in total. The number of ether oxygens (including phenoxy) is 1. The van der Waals surface area contributed by atoms with Crippen LogP contribution in [-0.2, 0) is 4.74 Å². The molecule has 122 valence electrons. The first-order valence-electron chi connectivity index (χ1n) is 7.85. The van der Waals surface area contributed by atoms with Crippen LogP contribution in [0.3, 0.4) is 0 Å². The van der Waals surface area contributed by atoms with E-state index in [4.69, 9.17) is 16.3 Å². The van der Waals surface area contributed by atoms with Crippen LogP contribution in [0.5, 0.6) is 0 Å². The number of fused-ring (bicyclic) bond motifs is 1. The van der Waals surface area contributed by atoms with Crippen molar-refractivity contribution >= 4 is 28.5 Å². The summed E-state index contributed by atoms with van der Waals surface area (Å²) in [6, 6.07) is 11.6. The maximum absolute atomic E-state index is 12.4. The second kappa shape index (κ2) is 6.62. The summed E-state index contributed by atoms with van der Waals surface area (Å²) < 4.78 is 5.21. The average molecular weight is 340 g/mol. The van der Waals surface area contributed by atoms with Gasteiger partial charge >= 0.3 is 5.97 Å². The Balaban J connectivity index is 2.40. The zero-order valence-electron chi connectivity index (χ0n) is 13.9. The Hall–Kier alpha value is -2.39. The highest BCUT2D eigenvalue weighted by atomic mass is 35.5.